The molecule has 1 aliphatic rings. The fraction of sp³-hybridized carbons (Fsp3) is 0.200. The lowest BCUT2D eigenvalue weighted by molar-refractivity contribution is 0.925. The van der Waals surface area contributed by atoms with Gasteiger partial charge in [0.15, 0.2) is 0 Å². The number of fused-ring (bicyclic) bond motifs is 1. The average Bonchev–Trinajstić information content (AvgIpc) is 2.33. The summed E-state index contributed by atoms with van der Waals surface area (Å²) < 4.78 is 0. The maximum Gasteiger partial charge on any atom is 0.128 e. The van der Waals surface area contributed by atoms with Crippen LogP contribution in [0, 0.1) is 0 Å². The van der Waals surface area contributed by atoms with Gasteiger partial charge >= 0.3 is 0 Å². The lowest BCUT2D eigenvalue weighted by Gasteiger charge is -1.94. The van der Waals surface area contributed by atoms with E-state index in [1.807, 2.05) is 12.3 Å². The summed E-state index contributed by atoms with van der Waals surface area (Å²) in [6, 6.07) is 0. The van der Waals surface area contributed by atoms with E-state index in [1.54, 1.807) is 0 Å². The van der Waals surface area contributed by atoms with Gasteiger partial charge in [0.2, 0.25) is 0 Å². The third-order valence-corrected chi connectivity index (χ3v) is 1.27. The zero-order valence-corrected chi connectivity index (χ0v) is 4.76. The fourth-order valence-electron chi connectivity index (χ4n) is 0.817. The second-order valence-corrected chi connectivity index (χ2v) is 1.87. The Hall–Kier alpha value is -1.32. The maximum absolute atomic E-state index is 3.80. The number of nitrogens with zero attached hydrogens (tertiary/aromatic N) is 2. The highest BCUT2D eigenvalue weighted by atomic mass is 15.3. The van der Waals surface area contributed by atoms with Crippen LogP contribution in [0.3, 0.4) is 0 Å². The van der Waals surface area contributed by atoms with Crippen LogP contribution in [0.1, 0.15) is 0 Å². The Morgan fingerprint density at radius 1 is 1.56 bits per heavy atom. The summed E-state index contributed by atoms with van der Waals surface area (Å²) in [6.45, 7) is 0.858. The number of hydrogen-bond acceptors (Lipinski definition) is 3. The number of aromatic amines is 1. The van der Waals surface area contributed by atoms with Crippen molar-refractivity contribution in [2.75, 3.05) is 6.54 Å². The molecule has 0 unspecified atom stereocenters. The van der Waals surface area contributed by atoms with Gasteiger partial charge in [-0.2, -0.15) is 0 Å². The first-order valence-corrected chi connectivity index (χ1v) is 2.78. The van der Waals surface area contributed by atoms with E-state index in [-0.39, 0.29) is 0 Å². The van der Waals surface area contributed by atoms with Gasteiger partial charge in [-0.1, -0.05) is 5.21 Å². The zero-order chi connectivity index (χ0) is 6.10. The van der Waals surface area contributed by atoms with Gasteiger partial charge in [0.1, 0.15) is 5.35 Å². The molecule has 2 heterocycles. The van der Waals surface area contributed by atoms with Crippen molar-refractivity contribution < 1.29 is 0 Å². The number of aromatic nitrogens is 3. The van der Waals surface area contributed by atoms with Crippen LogP contribution in [0.25, 0.3) is 12.3 Å². The van der Waals surface area contributed by atoms with Crippen molar-refractivity contribution in [2.24, 2.45) is 0 Å². The second kappa shape index (κ2) is 1.58. The molecule has 0 saturated carbocycles. The van der Waals surface area contributed by atoms with Crippen LogP contribution in [0.15, 0.2) is 0 Å². The Bertz CT molecular complexity index is 279. The molecular weight excluding hydrogens is 116 g/mol. The minimum Gasteiger partial charge on any atom is -0.385 e. The highest BCUT2D eigenvalue weighted by molar-refractivity contribution is 5.31. The molecule has 2 rings (SSSR count). The van der Waals surface area contributed by atoms with E-state index in [1.165, 1.54) is 0 Å². The van der Waals surface area contributed by atoms with Crippen molar-refractivity contribution in [3.63, 3.8) is 0 Å². The molecule has 4 nitrogen and oxygen atoms in total. The summed E-state index contributed by atoms with van der Waals surface area (Å²) in [5.74, 6) is 0. The summed E-state index contributed by atoms with van der Waals surface area (Å²) in [5, 5.41) is 15.1. The molecule has 1 aromatic heterocycles. The van der Waals surface area contributed by atoms with E-state index in [0.717, 1.165) is 17.2 Å². The monoisotopic (exact) mass is 122 g/mol. The number of nitrogens with one attached hydrogen (secondary N) is 2. The van der Waals surface area contributed by atoms with Crippen LogP contribution in [-0.2, 0) is 0 Å². The summed E-state index contributed by atoms with van der Waals surface area (Å²) >= 11 is 0. The highest BCUT2D eigenvalue weighted by Gasteiger charge is 1.91. The molecule has 0 radical (unpaired) electrons. The highest BCUT2D eigenvalue weighted by Crippen LogP contribution is 1.65. The van der Waals surface area contributed by atoms with Crippen molar-refractivity contribution in [2.45, 2.75) is 0 Å². The van der Waals surface area contributed by atoms with Crippen LogP contribution in [-0.4, -0.2) is 22.0 Å². The molecule has 1 aromatic rings. The molecule has 0 aliphatic carbocycles. The van der Waals surface area contributed by atoms with Crippen molar-refractivity contribution in [1.82, 2.24) is 20.7 Å². The molecule has 1 aliphatic heterocycles. The summed E-state index contributed by atoms with van der Waals surface area (Å²) in [5.41, 5.74) is 0. The van der Waals surface area contributed by atoms with Crippen LogP contribution >= 0.6 is 0 Å². The Morgan fingerprint density at radius 2 is 2.56 bits per heavy atom. The topological polar surface area (TPSA) is 53.6 Å². The summed E-state index contributed by atoms with van der Waals surface area (Å²) in [4.78, 5) is 0. The Morgan fingerprint density at radius 3 is 3.44 bits per heavy atom. The predicted molar refractivity (Wildman–Crippen MR) is 32.6 cm³/mol. The number of H-pyrrole nitrogens is 1. The van der Waals surface area contributed by atoms with E-state index in [4.69, 9.17) is 0 Å². The molecule has 0 fully saturated rings. The van der Waals surface area contributed by atoms with Crippen molar-refractivity contribution in [3.8, 4) is 0 Å². The van der Waals surface area contributed by atoms with Gasteiger partial charge in [0.05, 0.1) is 5.35 Å². The second-order valence-electron chi connectivity index (χ2n) is 1.87. The Balaban J connectivity index is 2.89. The van der Waals surface area contributed by atoms with Crippen LogP contribution in [0.4, 0.5) is 0 Å². The number of hydrogen-bond donors (Lipinski definition) is 2. The molecule has 0 amide bonds. The first kappa shape index (κ1) is 4.55. The van der Waals surface area contributed by atoms with Gasteiger partial charge < -0.3 is 5.32 Å². The summed E-state index contributed by atoms with van der Waals surface area (Å²) in [6.07, 6.45) is 3.86. The first-order chi connectivity index (χ1) is 4.47. The van der Waals surface area contributed by atoms with Crippen molar-refractivity contribution >= 4 is 12.3 Å². The molecule has 46 valence electrons. The van der Waals surface area contributed by atoms with Gasteiger partial charge in [-0.3, -0.25) is 5.10 Å². The van der Waals surface area contributed by atoms with E-state index >= 15 is 0 Å². The van der Waals surface area contributed by atoms with Crippen LogP contribution in [0.5, 0.6) is 0 Å². The lowest BCUT2D eigenvalue weighted by atomic mass is 10.4. The van der Waals surface area contributed by atoms with E-state index in [0.29, 0.717) is 0 Å². The molecule has 4 heteroatoms. The van der Waals surface area contributed by atoms with E-state index < -0.39 is 0 Å². The largest absolute Gasteiger partial charge is 0.385 e. The van der Waals surface area contributed by atoms with Gasteiger partial charge in [0.25, 0.3) is 0 Å². The molecule has 0 aromatic carbocycles. The third kappa shape index (κ3) is 0.595. The van der Waals surface area contributed by atoms with Gasteiger partial charge in [-0.15, -0.1) is 5.10 Å². The molecule has 0 saturated heterocycles. The minimum absolute atomic E-state index is 0.858. The molecule has 9 heavy (non-hydrogen) atoms. The van der Waals surface area contributed by atoms with Crippen molar-refractivity contribution in [3.05, 3.63) is 10.7 Å². The molecule has 0 spiro atoms. The Kier molecular flexibility index (Phi) is 0.798. The predicted octanol–water partition coefficient (Wildman–Crippen LogP) is -2.07. The lowest BCUT2D eigenvalue weighted by Crippen LogP contribution is -2.32. The molecule has 0 bridgehead atoms. The zero-order valence-electron chi connectivity index (χ0n) is 4.76. The first-order valence-electron chi connectivity index (χ1n) is 2.78. The van der Waals surface area contributed by atoms with Gasteiger partial charge in [0, 0.05) is 12.7 Å². The third-order valence-electron chi connectivity index (χ3n) is 1.27. The minimum atomic E-state index is 0.858. The quantitative estimate of drug-likeness (QED) is 0.415. The molecule has 2 N–H and O–H groups in total. The molecule has 0 atom stereocenters. The van der Waals surface area contributed by atoms with E-state index in [2.05, 4.69) is 20.7 Å². The summed E-state index contributed by atoms with van der Waals surface area (Å²) in [7, 11) is 0. The van der Waals surface area contributed by atoms with Crippen molar-refractivity contribution in [1.29, 1.82) is 0 Å². The Labute approximate surface area is 51.3 Å². The van der Waals surface area contributed by atoms with E-state index in [9.17, 15) is 0 Å². The molecular formula is C5H6N4. The smallest absolute Gasteiger partial charge is 0.128 e. The number of rotatable bonds is 0. The van der Waals surface area contributed by atoms with Gasteiger partial charge in [-0.05, 0) is 6.08 Å². The van der Waals surface area contributed by atoms with Crippen LogP contribution < -0.4 is 16.0 Å². The van der Waals surface area contributed by atoms with Gasteiger partial charge in [-0.25, -0.2) is 0 Å². The standard InChI is InChI=1S/C5H6N4/c1-2-6-3-5-4(1)7-9-8-5/h1,3,6H,2H2,(H,7,8). The fourth-order valence-corrected chi connectivity index (χ4v) is 0.817. The maximum atomic E-state index is 3.80. The average molecular weight is 122 g/mol. The van der Waals surface area contributed by atoms with Crippen LogP contribution in [0.2, 0.25) is 0 Å². The normalized spacial score (nSPS) is 14.7. The SMILES string of the molecule is C1=c2nn[nH]c2=CCN1.